The molecule has 3 atom stereocenters. The van der Waals surface area contributed by atoms with Crippen LogP contribution in [0, 0.1) is 16.0 Å². The molecule has 3 rings (SSSR count). The third-order valence-electron chi connectivity index (χ3n) is 4.62. The monoisotopic (exact) mass is 290 g/mol. The molecule has 1 unspecified atom stereocenters. The maximum atomic E-state index is 11.4. The van der Waals surface area contributed by atoms with E-state index in [4.69, 9.17) is 4.74 Å². The minimum Gasteiger partial charge on any atom is -0.378 e. The number of hydrogen-bond donors (Lipinski definition) is 0. The molecule has 5 nitrogen and oxygen atoms in total. The molecule has 2 fully saturated rings. The van der Waals surface area contributed by atoms with Gasteiger partial charge in [-0.25, -0.2) is 0 Å². The Hall–Kier alpha value is -1.46. The third kappa shape index (κ3) is 3.41. The zero-order valence-corrected chi connectivity index (χ0v) is 12.2. The SMILES string of the molecule is O=[N+]([O-])[C@@H]1CN(Cc2ccccc2)C[C@H]1C1CCCCO1. The van der Waals surface area contributed by atoms with Gasteiger partial charge in [0, 0.05) is 24.6 Å². The molecule has 2 aliphatic heterocycles. The van der Waals surface area contributed by atoms with Gasteiger partial charge in [-0.2, -0.15) is 0 Å². The summed E-state index contributed by atoms with van der Waals surface area (Å²) in [6.45, 7) is 2.84. The summed E-state index contributed by atoms with van der Waals surface area (Å²) in [6, 6.07) is 9.68. The molecular weight excluding hydrogens is 268 g/mol. The van der Waals surface area contributed by atoms with E-state index in [0.29, 0.717) is 6.54 Å². The van der Waals surface area contributed by atoms with Gasteiger partial charge < -0.3 is 4.74 Å². The summed E-state index contributed by atoms with van der Waals surface area (Å²) in [5.41, 5.74) is 1.21. The van der Waals surface area contributed by atoms with E-state index in [2.05, 4.69) is 17.0 Å². The van der Waals surface area contributed by atoms with Gasteiger partial charge in [-0.1, -0.05) is 30.3 Å². The summed E-state index contributed by atoms with van der Waals surface area (Å²) in [5, 5.41) is 11.4. The summed E-state index contributed by atoms with van der Waals surface area (Å²) in [4.78, 5) is 13.5. The van der Waals surface area contributed by atoms with Crippen molar-refractivity contribution in [2.75, 3.05) is 19.7 Å². The highest BCUT2D eigenvalue weighted by Crippen LogP contribution is 2.30. The van der Waals surface area contributed by atoms with Crippen LogP contribution in [0.25, 0.3) is 0 Å². The molecular formula is C16H22N2O3. The van der Waals surface area contributed by atoms with Crippen molar-refractivity contribution in [2.24, 2.45) is 5.92 Å². The van der Waals surface area contributed by atoms with E-state index in [1.165, 1.54) is 5.56 Å². The Morgan fingerprint density at radius 1 is 1.24 bits per heavy atom. The highest BCUT2D eigenvalue weighted by Gasteiger charge is 2.45. The molecule has 5 heteroatoms. The van der Waals surface area contributed by atoms with E-state index in [1.54, 1.807) is 0 Å². The number of ether oxygens (including phenoxy) is 1. The number of likely N-dealkylation sites (tertiary alicyclic amines) is 1. The van der Waals surface area contributed by atoms with Gasteiger partial charge in [0.15, 0.2) is 0 Å². The Morgan fingerprint density at radius 2 is 2.05 bits per heavy atom. The summed E-state index contributed by atoms with van der Waals surface area (Å²) < 4.78 is 5.81. The van der Waals surface area contributed by atoms with Crippen molar-refractivity contribution in [3.8, 4) is 0 Å². The van der Waals surface area contributed by atoms with Crippen molar-refractivity contribution < 1.29 is 9.66 Å². The molecule has 0 bridgehead atoms. The molecule has 2 aliphatic rings. The molecule has 2 saturated heterocycles. The minimum absolute atomic E-state index is 0.0315. The molecule has 2 heterocycles. The summed E-state index contributed by atoms with van der Waals surface area (Å²) in [5.74, 6) is 0.0315. The smallest absolute Gasteiger partial charge is 0.232 e. The van der Waals surface area contributed by atoms with Crippen molar-refractivity contribution in [3.05, 3.63) is 46.0 Å². The molecule has 0 aromatic heterocycles. The van der Waals surface area contributed by atoms with Crippen molar-refractivity contribution in [1.29, 1.82) is 0 Å². The predicted molar refractivity (Wildman–Crippen MR) is 79.6 cm³/mol. The number of rotatable bonds is 4. The first-order valence-electron chi connectivity index (χ1n) is 7.75. The average molecular weight is 290 g/mol. The van der Waals surface area contributed by atoms with E-state index < -0.39 is 6.04 Å². The van der Waals surface area contributed by atoms with Crippen molar-refractivity contribution in [1.82, 2.24) is 4.90 Å². The van der Waals surface area contributed by atoms with Gasteiger partial charge in [-0.05, 0) is 24.8 Å². The molecule has 0 radical (unpaired) electrons. The number of hydrogen-bond acceptors (Lipinski definition) is 4. The summed E-state index contributed by atoms with van der Waals surface area (Å²) in [6.07, 6.45) is 3.24. The molecule has 0 spiro atoms. The standard InChI is InChI=1S/C16H22N2O3/c19-18(20)15-12-17(10-13-6-2-1-3-7-13)11-14(15)16-8-4-5-9-21-16/h1-3,6-7,14-16H,4-5,8-12H2/t14-,15-,16?/m1/s1. The van der Waals surface area contributed by atoms with E-state index in [1.807, 2.05) is 18.2 Å². The first kappa shape index (κ1) is 14.5. The van der Waals surface area contributed by atoms with Crippen molar-refractivity contribution in [2.45, 2.75) is 38.0 Å². The normalized spacial score (nSPS) is 30.4. The average Bonchev–Trinajstić information content (AvgIpc) is 2.93. The van der Waals surface area contributed by atoms with Crippen LogP contribution in [0.1, 0.15) is 24.8 Å². The van der Waals surface area contributed by atoms with Gasteiger partial charge in [0.25, 0.3) is 0 Å². The van der Waals surface area contributed by atoms with Gasteiger partial charge in [0.2, 0.25) is 6.04 Å². The van der Waals surface area contributed by atoms with Gasteiger partial charge >= 0.3 is 0 Å². The molecule has 21 heavy (non-hydrogen) atoms. The topological polar surface area (TPSA) is 55.6 Å². The van der Waals surface area contributed by atoms with Crippen LogP contribution in [0.4, 0.5) is 0 Å². The quantitative estimate of drug-likeness (QED) is 0.631. The highest BCUT2D eigenvalue weighted by molar-refractivity contribution is 5.14. The summed E-state index contributed by atoms with van der Waals surface area (Å²) >= 11 is 0. The zero-order valence-electron chi connectivity index (χ0n) is 12.2. The third-order valence-corrected chi connectivity index (χ3v) is 4.62. The molecule has 1 aromatic carbocycles. The van der Waals surface area contributed by atoms with E-state index in [0.717, 1.165) is 39.0 Å². The molecule has 0 amide bonds. The van der Waals surface area contributed by atoms with Crippen LogP contribution < -0.4 is 0 Å². The fourth-order valence-electron chi connectivity index (χ4n) is 3.56. The first-order valence-corrected chi connectivity index (χ1v) is 7.75. The van der Waals surface area contributed by atoms with Crippen LogP contribution in [-0.2, 0) is 11.3 Å². The van der Waals surface area contributed by atoms with Crippen LogP contribution in [0.5, 0.6) is 0 Å². The Kier molecular flexibility index (Phi) is 4.51. The molecule has 0 N–H and O–H groups in total. The van der Waals surface area contributed by atoms with Gasteiger partial charge in [-0.15, -0.1) is 0 Å². The van der Waals surface area contributed by atoms with Crippen molar-refractivity contribution >= 4 is 0 Å². The molecule has 1 aromatic rings. The van der Waals surface area contributed by atoms with Crippen LogP contribution in [0.3, 0.4) is 0 Å². The fourth-order valence-corrected chi connectivity index (χ4v) is 3.56. The first-order chi connectivity index (χ1) is 10.2. The van der Waals surface area contributed by atoms with Gasteiger partial charge in [0.05, 0.1) is 18.6 Å². The summed E-state index contributed by atoms with van der Waals surface area (Å²) in [7, 11) is 0. The second-order valence-electron chi connectivity index (χ2n) is 6.10. The van der Waals surface area contributed by atoms with Gasteiger partial charge in [0.1, 0.15) is 0 Å². The fraction of sp³-hybridized carbons (Fsp3) is 0.625. The second-order valence-corrected chi connectivity index (χ2v) is 6.10. The second kappa shape index (κ2) is 6.54. The lowest BCUT2D eigenvalue weighted by molar-refractivity contribution is -0.528. The Labute approximate surface area is 125 Å². The zero-order chi connectivity index (χ0) is 14.7. The van der Waals surface area contributed by atoms with Crippen LogP contribution in [-0.4, -0.2) is 41.7 Å². The van der Waals surface area contributed by atoms with Crippen LogP contribution in [0.15, 0.2) is 30.3 Å². The van der Waals surface area contributed by atoms with Crippen molar-refractivity contribution in [3.63, 3.8) is 0 Å². The lowest BCUT2D eigenvalue weighted by atomic mass is 9.92. The molecule has 0 aliphatic carbocycles. The van der Waals surface area contributed by atoms with Gasteiger partial charge in [-0.3, -0.25) is 15.0 Å². The van der Waals surface area contributed by atoms with E-state index in [-0.39, 0.29) is 16.9 Å². The number of nitro groups is 1. The Balaban J connectivity index is 1.67. The van der Waals surface area contributed by atoms with E-state index in [9.17, 15) is 10.1 Å². The number of nitrogens with zero attached hydrogens (tertiary/aromatic N) is 2. The molecule has 0 saturated carbocycles. The lowest BCUT2D eigenvalue weighted by Crippen LogP contribution is -2.39. The predicted octanol–water partition coefficient (Wildman–Crippen LogP) is 2.33. The number of benzene rings is 1. The Bertz CT molecular complexity index is 474. The van der Waals surface area contributed by atoms with Crippen LogP contribution in [0.2, 0.25) is 0 Å². The largest absolute Gasteiger partial charge is 0.378 e. The Morgan fingerprint density at radius 3 is 2.71 bits per heavy atom. The molecule has 114 valence electrons. The minimum atomic E-state index is -0.489. The lowest BCUT2D eigenvalue weighted by Gasteiger charge is -2.28. The maximum absolute atomic E-state index is 11.4. The van der Waals surface area contributed by atoms with Crippen LogP contribution >= 0.6 is 0 Å². The maximum Gasteiger partial charge on any atom is 0.232 e. The van der Waals surface area contributed by atoms with E-state index >= 15 is 0 Å². The highest BCUT2D eigenvalue weighted by atomic mass is 16.6.